The van der Waals surface area contributed by atoms with Crippen molar-refractivity contribution >= 4 is 10.0 Å². The van der Waals surface area contributed by atoms with Crippen molar-refractivity contribution in [2.45, 2.75) is 57.2 Å². The lowest BCUT2D eigenvalue weighted by molar-refractivity contribution is 0.0962. The Hall–Kier alpha value is -0.170. The Morgan fingerprint density at radius 1 is 1.19 bits per heavy atom. The maximum Gasteiger partial charge on any atom is 0.217 e. The summed E-state index contributed by atoms with van der Waals surface area (Å²) >= 11 is 0. The molecule has 2 unspecified atom stereocenters. The molecule has 5 nitrogen and oxygen atoms in total. The summed E-state index contributed by atoms with van der Waals surface area (Å²) in [6.45, 7) is 7.85. The molecular formula is C15H30N2O3S. The van der Waals surface area contributed by atoms with Gasteiger partial charge in [-0.2, -0.15) is 0 Å². The highest BCUT2D eigenvalue weighted by molar-refractivity contribution is 7.89. The summed E-state index contributed by atoms with van der Waals surface area (Å²) in [6, 6.07) is 0.469. The van der Waals surface area contributed by atoms with Crippen LogP contribution in [0.4, 0.5) is 0 Å². The van der Waals surface area contributed by atoms with Crippen molar-refractivity contribution in [1.82, 2.24) is 9.62 Å². The van der Waals surface area contributed by atoms with Gasteiger partial charge < -0.3 is 10.1 Å². The second-order valence-electron chi connectivity index (χ2n) is 6.23. The zero-order chi connectivity index (χ0) is 15.3. The van der Waals surface area contributed by atoms with E-state index in [-0.39, 0.29) is 5.25 Å². The number of nitrogens with zero attached hydrogens (tertiary/aromatic N) is 1. The minimum atomic E-state index is -3.15. The molecule has 0 aliphatic carbocycles. The molecule has 0 bridgehead atoms. The third-order valence-electron chi connectivity index (χ3n) is 4.83. The molecule has 2 aliphatic heterocycles. The highest BCUT2D eigenvalue weighted by atomic mass is 32.2. The van der Waals surface area contributed by atoms with Crippen molar-refractivity contribution in [3.8, 4) is 0 Å². The highest BCUT2D eigenvalue weighted by Crippen LogP contribution is 2.27. The third kappa shape index (κ3) is 4.18. The fourth-order valence-corrected chi connectivity index (χ4v) is 5.40. The first kappa shape index (κ1) is 17.2. The molecular weight excluding hydrogens is 288 g/mol. The Morgan fingerprint density at radius 3 is 2.52 bits per heavy atom. The molecule has 2 fully saturated rings. The Morgan fingerprint density at radius 2 is 1.90 bits per heavy atom. The molecule has 124 valence electrons. The lowest BCUT2D eigenvalue weighted by atomic mass is 9.91. The van der Waals surface area contributed by atoms with Crippen LogP contribution in [0.5, 0.6) is 0 Å². The van der Waals surface area contributed by atoms with Crippen LogP contribution in [0.2, 0.25) is 0 Å². The number of hydrogen-bond donors (Lipinski definition) is 1. The van der Waals surface area contributed by atoms with Gasteiger partial charge in [0.15, 0.2) is 0 Å². The number of piperidine rings is 1. The maximum atomic E-state index is 12.8. The number of nitrogens with one attached hydrogen (secondary N) is 1. The molecule has 2 rings (SSSR count). The van der Waals surface area contributed by atoms with Gasteiger partial charge in [0.25, 0.3) is 0 Å². The van der Waals surface area contributed by atoms with E-state index < -0.39 is 10.0 Å². The monoisotopic (exact) mass is 318 g/mol. The van der Waals surface area contributed by atoms with Gasteiger partial charge in [-0.25, -0.2) is 12.7 Å². The van der Waals surface area contributed by atoms with E-state index in [4.69, 9.17) is 4.74 Å². The summed E-state index contributed by atoms with van der Waals surface area (Å²) in [6.07, 6.45) is 4.37. The van der Waals surface area contributed by atoms with Crippen LogP contribution in [0.15, 0.2) is 0 Å². The van der Waals surface area contributed by atoms with Crippen LogP contribution in [-0.4, -0.2) is 56.9 Å². The highest BCUT2D eigenvalue weighted by Gasteiger charge is 2.38. The zero-order valence-corrected chi connectivity index (χ0v) is 14.2. The molecule has 2 heterocycles. The topological polar surface area (TPSA) is 58.6 Å². The first-order valence-electron chi connectivity index (χ1n) is 8.39. The van der Waals surface area contributed by atoms with Crippen LogP contribution in [0.3, 0.4) is 0 Å². The van der Waals surface area contributed by atoms with E-state index >= 15 is 0 Å². The summed E-state index contributed by atoms with van der Waals surface area (Å²) in [5.74, 6) is 0.430. The molecule has 2 saturated heterocycles. The van der Waals surface area contributed by atoms with E-state index in [1.807, 2.05) is 0 Å². The van der Waals surface area contributed by atoms with Crippen LogP contribution in [0.1, 0.15) is 46.0 Å². The van der Waals surface area contributed by atoms with Gasteiger partial charge in [0, 0.05) is 32.3 Å². The molecule has 0 aromatic carbocycles. The summed E-state index contributed by atoms with van der Waals surface area (Å²) in [4.78, 5) is 0. The maximum absolute atomic E-state index is 12.8. The van der Waals surface area contributed by atoms with Crippen molar-refractivity contribution in [1.29, 1.82) is 0 Å². The molecule has 6 heteroatoms. The van der Waals surface area contributed by atoms with E-state index in [1.54, 1.807) is 4.31 Å². The van der Waals surface area contributed by atoms with Crippen molar-refractivity contribution in [2.24, 2.45) is 5.92 Å². The molecule has 0 aromatic heterocycles. The number of sulfonamides is 1. The molecule has 21 heavy (non-hydrogen) atoms. The molecule has 0 radical (unpaired) electrons. The van der Waals surface area contributed by atoms with Gasteiger partial charge in [0.05, 0.1) is 5.25 Å². The normalized spacial score (nSPS) is 29.6. The summed E-state index contributed by atoms with van der Waals surface area (Å²) in [5, 5.41) is 3.35. The lowest BCUT2D eigenvalue weighted by Crippen LogP contribution is -2.53. The minimum Gasteiger partial charge on any atom is -0.381 e. The number of rotatable bonds is 6. The van der Waals surface area contributed by atoms with Crippen LogP contribution in [-0.2, 0) is 14.8 Å². The van der Waals surface area contributed by atoms with Crippen LogP contribution < -0.4 is 5.32 Å². The first-order chi connectivity index (χ1) is 10.1. The fraction of sp³-hybridized carbons (Fsp3) is 1.00. The van der Waals surface area contributed by atoms with Gasteiger partial charge in [-0.05, 0) is 38.1 Å². The van der Waals surface area contributed by atoms with E-state index in [9.17, 15) is 8.42 Å². The van der Waals surface area contributed by atoms with Crippen molar-refractivity contribution < 1.29 is 13.2 Å². The molecule has 0 spiro atoms. The lowest BCUT2D eigenvalue weighted by Gasteiger charge is -2.40. The number of ether oxygens (including phenoxy) is 1. The zero-order valence-electron chi connectivity index (χ0n) is 13.4. The molecule has 0 saturated carbocycles. The SMILES string of the molecule is CCCNC1CCN(S(=O)(=O)C2CCOCC2)CC1CC. The van der Waals surface area contributed by atoms with E-state index in [2.05, 4.69) is 19.2 Å². The predicted molar refractivity (Wildman–Crippen MR) is 84.8 cm³/mol. The van der Waals surface area contributed by atoms with Crippen LogP contribution >= 0.6 is 0 Å². The second kappa shape index (κ2) is 7.90. The summed E-state index contributed by atoms with van der Waals surface area (Å²) in [7, 11) is -3.15. The van der Waals surface area contributed by atoms with Gasteiger partial charge in [0.1, 0.15) is 0 Å². The van der Waals surface area contributed by atoms with E-state index in [0.29, 0.717) is 51.1 Å². The number of hydrogen-bond acceptors (Lipinski definition) is 4. The quantitative estimate of drug-likeness (QED) is 0.808. The Labute approximate surface area is 129 Å². The van der Waals surface area contributed by atoms with E-state index in [1.165, 1.54) is 0 Å². The molecule has 1 N–H and O–H groups in total. The third-order valence-corrected chi connectivity index (χ3v) is 7.19. The van der Waals surface area contributed by atoms with E-state index in [0.717, 1.165) is 25.8 Å². The van der Waals surface area contributed by atoms with Gasteiger partial charge in [-0.1, -0.05) is 20.3 Å². The Kier molecular flexibility index (Phi) is 6.47. The minimum absolute atomic E-state index is 0.232. The Balaban J connectivity index is 1.98. The second-order valence-corrected chi connectivity index (χ2v) is 8.45. The van der Waals surface area contributed by atoms with Crippen molar-refractivity contribution in [3.63, 3.8) is 0 Å². The molecule has 0 aromatic rings. The molecule has 2 atom stereocenters. The smallest absolute Gasteiger partial charge is 0.217 e. The van der Waals surface area contributed by atoms with Gasteiger partial charge in [0.2, 0.25) is 10.0 Å². The Bertz CT molecular complexity index is 407. The van der Waals surface area contributed by atoms with Gasteiger partial charge in [-0.3, -0.25) is 0 Å². The molecule has 2 aliphatic rings. The largest absolute Gasteiger partial charge is 0.381 e. The fourth-order valence-electron chi connectivity index (χ4n) is 3.43. The van der Waals surface area contributed by atoms with Crippen molar-refractivity contribution in [3.05, 3.63) is 0 Å². The van der Waals surface area contributed by atoms with Gasteiger partial charge >= 0.3 is 0 Å². The van der Waals surface area contributed by atoms with Crippen LogP contribution in [0, 0.1) is 5.92 Å². The van der Waals surface area contributed by atoms with Crippen molar-refractivity contribution in [2.75, 3.05) is 32.8 Å². The predicted octanol–water partition coefficient (Wildman–Crippen LogP) is 1.60. The van der Waals surface area contributed by atoms with Crippen LogP contribution in [0.25, 0.3) is 0 Å². The first-order valence-corrected chi connectivity index (χ1v) is 9.90. The average Bonchev–Trinajstić information content (AvgIpc) is 2.53. The summed E-state index contributed by atoms with van der Waals surface area (Å²) < 4.78 is 32.6. The molecule has 0 amide bonds. The standard InChI is InChI=1S/C15H30N2O3S/c1-3-8-16-15-5-9-17(12-13(15)4-2)21(18,19)14-6-10-20-11-7-14/h13-16H,3-12H2,1-2H3. The summed E-state index contributed by atoms with van der Waals surface area (Å²) in [5.41, 5.74) is 0. The average molecular weight is 318 g/mol. The van der Waals surface area contributed by atoms with Gasteiger partial charge in [-0.15, -0.1) is 0 Å².